The second-order valence-corrected chi connectivity index (χ2v) is 2.77. The number of anilines is 1. The number of hydrogen-bond acceptors (Lipinski definition) is 3. The lowest BCUT2D eigenvalue weighted by Crippen LogP contribution is -1.93. The molecule has 3 heteroatoms. The Morgan fingerprint density at radius 2 is 2.33 bits per heavy atom. The molecule has 1 aliphatic heterocycles. The van der Waals surface area contributed by atoms with Crippen LogP contribution in [0.15, 0.2) is 12.1 Å². The molecule has 0 saturated heterocycles. The van der Waals surface area contributed by atoms with Crippen LogP contribution in [-0.2, 0) is 6.42 Å². The smallest absolute Gasteiger partial charge is 0.150 e. The van der Waals surface area contributed by atoms with E-state index in [1.807, 2.05) is 0 Å². The number of benzene rings is 1. The summed E-state index contributed by atoms with van der Waals surface area (Å²) in [5.74, 6) is 0.694. The van der Waals surface area contributed by atoms with Crippen LogP contribution in [0.1, 0.15) is 15.9 Å². The second kappa shape index (κ2) is 2.52. The molecule has 0 radical (unpaired) electrons. The Hall–Kier alpha value is -1.51. The van der Waals surface area contributed by atoms with E-state index in [9.17, 15) is 4.79 Å². The zero-order valence-electron chi connectivity index (χ0n) is 6.54. The van der Waals surface area contributed by atoms with Crippen LogP contribution in [0.25, 0.3) is 0 Å². The van der Waals surface area contributed by atoms with Crippen LogP contribution in [-0.4, -0.2) is 12.9 Å². The topological polar surface area (TPSA) is 52.3 Å². The fourth-order valence-corrected chi connectivity index (χ4v) is 1.46. The predicted molar refractivity (Wildman–Crippen MR) is 45.4 cm³/mol. The zero-order chi connectivity index (χ0) is 8.55. The largest absolute Gasteiger partial charge is 0.491 e. The number of nitrogens with two attached hydrogens (primary N) is 1. The molecular weight excluding hydrogens is 154 g/mol. The van der Waals surface area contributed by atoms with Gasteiger partial charge in [-0.2, -0.15) is 0 Å². The maximum absolute atomic E-state index is 10.6. The molecule has 3 nitrogen and oxygen atoms in total. The average molecular weight is 163 g/mol. The molecule has 1 aromatic rings. The van der Waals surface area contributed by atoms with Crippen LogP contribution in [0.4, 0.5) is 5.69 Å². The Morgan fingerprint density at radius 1 is 1.50 bits per heavy atom. The van der Waals surface area contributed by atoms with Gasteiger partial charge in [0.05, 0.1) is 12.3 Å². The van der Waals surface area contributed by atoms with Crippen molar-refractivity contribution in [3.63, 3.8) is 0 Å². The second-order valence-electron chi connectivity index (χ2n) is 2.77. The fraction of sp³-hybridized carbons (Fsp3) is 0.222. The predicted octanol–water partition coefficient (Wildman–Crippen LogP) is 1.02. The van der Waals surface area contributed by atoms with E-state index in [0.29, 0.717) is 23.6 Å². The van der Waals surface area contributed by atoms with E-state index in [1.165, 1.54) is 0 Å². The Kier molecular flexibility index (Phi) is 1.50. The van der Waals surface area contributed by atoms with Crippen LogP contribution in [0.5, 0.6) is 5.75 Å². The molecule has 0 aromatic heterocycles. The van der Waals surface area contributed by atoms with E-state index in [1.54, 1.807) is 12.1 Å². The summed E-state index contributed by atoms with van der Waals surface area (Å²) in [5, 5.41) is 0. The van der Waals surface area contributed by atoms with Crippen molar-refractivity contribution in [1.29, 1.82) is 0 Å². The van der Waals surface area contributed by atoms with Crippen LogP contribution >= 0.6 is 0 Å². The summed E-state index contributed by atoms with van der Waals surface area (Å²) < 4.78 is 5.29. The summed E-state index contributed by atoms with van der Waals surface area (Å²) in [7, 11) is 0. The zero-order valence-corrected chi connectivity index (χ0v) is 6.54. The van der Waals surface area contributed by atoms with E-state index >= 15 is 0 Å². The molecule has 0 amide bonds. The Labute approximate surface area is 70.1 Å². The SMILES string of the molecule is Nc1ccc(C=O)c2c1OCC2. The van der Waals surface area contributed by atoms with E-state index < -0.39 is 0 Å². The van der Waals surface area contributed by atoms with Gasteiger partial charge in [0, 0.05) is 17.5 Å². The van der Waals surface area contributed by atoms with E-state index in [4.69, 9.17) is 10.5 Å². The molecule has 0 fully saturated rings. The van der Waals surface area contributed by atoms with Gasteiger partial charge in [0.15, 0.2) is 0 Å². The quantitative estimate of drug-likeness (QED) is 0.496. The van der Waals surface area contributed by atoms with Crippen molar-refractivity contribution in [2.75, 3.05) is 12.3 Å². The van der Waals surface area contributed by atoms with Gasteiger partial charge in [-0.1, -0.05) is 0 Å². The monoisotopic (exact) mass is 163 g/mol. The van der Waals surface area contributed by atoms with Crippen LogP contribution in [0, 0.1) is 0 Å². The molecule has 1 heterocycles. The first kappa shape index (κ1) is 7.16. The van der Waals surface area contributed by atoms with Gasteiger partial charge in [-0.05, 0) is 12.1 Å². The normalized spacial score (nSPS) is 13.7. The van der Waals surface area contributed by atoms with Gasteiger partial charge in [0.25, 0.3) is 0 Å². The molecule has 12 heavy (non-hydrogen) atoms. The number of ether oxygens (including phenoxy) is 1. The summed E-state index contributed by atoms with van der Waals surface area (Å²) in [5.41, 5.74) is 7.91. The third kappa shape index (κ3) is 0.863. The molecule has 0 saturated carbocycles. The molecule has 0 atom stereocenters. The lowest BCUT2D eigenvalue weighted by molar-refractivity contribution is 0.112. The molecule has 1 aliphatic rings. The highest BCUT2D eigenvalue weighted by molar-refractivity contribution is 5.81. The van der Waals surface area contributed by atoms with Crippen molar-refractivity contribution in [1.82, 2.24) is 0 Å². The number of rotatable bonds is 1. The van der Waals surface area contributed by atoms with Gasteiger partial charge < -0.3 is 10.5 Å². The van der Waals surface area contributed by atoms with Crippen molar-refractivity contribution < 1.29 is 9.53 Å². The van der Waals surface area contributed by atoms with Crippen LogP contribution < -0.4 is 10.5 Å². The summed E-state index contributed by atoms with van der Waals surface area (Å²) >= 11 is 0. The third-order valence-electron chi connectivity index (χ3n) is 2.05. The number of hydrogen-bond donors (Lipinski definition) is 1. The van der Waals surface area contributed by atoms with Crippen LogP contribution in [0.2, 0.25) is 0 Å². The molecule has 0 bridgehead atoms. The lowest BCUT2D eigenvalue weighted by Gasteiger charge is -2.03. The first-order valence-electron chi connectivity index (χ1n) is 3.82. The van der Waals surface area contributed by atoms with Crippen molar-refractivity contribution in [3.05, 3.63) is 23.3 Å². The molecule has 62 valence electrons. The maximum atomic E-state index is 10.6. The highest BCUT2D eigenvalue weighted by Gasteiger charge is 2.18. The van der Waals surface area contributed by atoms with Gasteiger partial charge >= 0.3 is 0 Å². The number of fused-ring (bicyclic) bond motifs is 1. The fourth-order valence-electron chi connectivity index (χ4n) is 1.46. The minimum absolute atomic E-state index is 0.619. The van der Waals surface area contributed by atoms with Crippen molar-refractivity contribution in [2.45, 2.75) is 6.42 Å². The third-order valence-corrected chi connectivity index (χ3v) is 2.05. The first-order valence-corrected chi connectivity index (χ1v) is 3.82. The minimum atomic E-state index is 0.619. The number of carbonyl (C=O) groups is 1. The average Bonchev–Trinajstić information content (AvgIpc) is 2.54. The summed E-state index contributed by atoms with van der Waals surface area (Å²) in [6.07, 6.45) is 1.63. The number of carbonyl (C=O) groups excluding carboxylic acids is 1. The molecule has 1 aromatic carbocycles. The summed E-state index contributed by atoms with van der Waals surface area (Å²) in [4.78, 5) is 10.6. The first-order chi connectivity index (χ1) is 5.83. The highest BCUT2D eigenvalue weighted by Crippen LogP contribution is 2.33. The van der Waals surface area contributed by atoms with Crippen LogP contribution in [0.3, 0.4) is 0 Å². The minimum Gasteiger partial charge on any atom is -0.491 e. The van der Waals surface area contributed by atoms with Gasteiger partial charge in [-0.25, -0.2) is 0 Å². The van der Waals surface area contributed by atoms with Gasteiger partial charge in [-0.15, -0.1) is 0 Å². The van der Waals surface area contributed by atoms with E-state index in [2.05, 4.69) is 0 Å². The molecule has 0 unspecified atom stereocenters. The Balaban J connectivity index is 2.64. The van der Waals surface area contributed by atoms with E-state index in [-0.39, 0.29) is 0 Å². The van der Waals surface area contributed by atoms with Crippen molar-refractivity contribution in [2.24, 2.45) is 0 Å². The molecule has 2 N–H and O–H groups in total. The molecule has 0 spiro atoms. The molecule has 2 rings (SSSR count). The maximum Gasteiger partial charge on any atom is 0.150 e. The summed E-state index contributed by atoms with van der Waals surface area (Å²) in [6.45, 7) is 0.629. The van der Waals surface area contributed by atoms with Gasteiger partial charge in [0.1, 0.15) is 12.0 Å². The Morgan fingerprint density at radius 3 is 3.08 bits per heavy atom. The molecule has 0 aliphatic carbocycles. The molecular formula is C9H9NO2. The van der Waals surface area contributed by atoms with Gasteiger partial charge in [0.2, 0.25) is 0 Å². The van der Waals surface area contributed by atoms with Gasteiger partial charge in [-0.3, -0.25) is 4.79 Å². The standard InChI is InChI=1S/C9H9NO2/c10-8-2-1-6(5-11)7-3-4-12-9(7)8/h1-2,5H,3-4,10H2. The summed E-state index contributed by atoms with van der Waals surface area (Å²) in [6, 6.07) is 3.43. The van der Waals surface area contributed by atoms with Crippen molar-refractivity contribution >= 4 is 12.0 Å². The number of nitrogen functional groups attached to an aromatic ring is 1. The highest BCUT2D eigenvalue weighted by atomic mass is 16.5. The lowest BCUT2D eigenvalue weighted by atomic mass is 10.1. The van der Waals surface area contributed by atoms with Crippen molar-refractivity contribution in [3.8, 4) is 5.75 Å². The Bertz CT molecular complexity index is 334. The van der Waals surface area contributed by atoms with E-state index in [0.717, 1.165) is 18.3 Å². The number of aldehydes is 1.